The first kappa shape index (κ1) is 22.4. The second kappa shape index (κ2) is 9.34. The maximum atomic E-state index is 13.1. The van der Waals surface area contributed by atoms with Gasteiger partial charge in [-0.3, -0.25) is 14.6 Å². The van der Waals surface area contributed by atoms with E-state index in [9.17, 15) is 14.7 Å². The van der Waals surface area contributed by atoms with Crippen LogP contribution in [0.15, 0.2) is 72.6 Å². The molecule has 2 aromatic carbocycles. The highest BCUT2D eigenvalue weighted by molar-refractivity contribution is 6.46. The highest BCUT2D eigenvalue weighted by Gasteiger charge is 2.46. The van der Waals surface area contributed by atoms with Gasteiger partial charge in [-0.2, -0.15) is 0 Å². The van der Waals surface area contributed by atoms with Crippen LogP contribution in [0.3, 0.4) is 0 Å². The fraction of sp³-hybridized carbons (Fsp3) is 0.160. The molecule has 3 aromatic rings. The van der Waals surface area contributed by atoms with Crippen molar-refractivity contribution in [2.24, 2.45) is 0 Å². The van der Waals surface area contributed by atoms with Gasteiger partial charge in [-0.05, 0) is 47.5 Å². The fourth-order valence-corrected chi connectivity index (χ4v) is 4.09. The molecule has 1 amide bonds. The molecule has 1 unspecified atom stereocenters. The minimum atomic E-state index is -0.808. The molecule has 1 aromatic heterocycles. The Labute approximate surface area is 195 Å². The first-order valence-corrected chi connectivity index (χ1v) is 10.5. The van der Waals surface area contributed by atoms with Crippen LogP contribution < -0.4 is 9.47 Å². The van der Waals surface area contributed by atoms with Crippen molar-refractivity contribution in [3.63, 3.8) is 0 Å². The Morgan fingerprint density at radius 1 is 1.09 bits per heavy atom. The van der Waals surface area contributed by atoms with Crippen LogP contribution >= 0.6 is 11.6 Å². The van der Waals surface area contributed by atoms with Gasteiger partial charge in [0, 0.05) is 24.5 Å². The van der Waals surface area contributed by atoms with Crippen molar-refractivity contribution in [3.8, 4) is 11.5 Å². The Hall–Kier alpha value is -3.84. The molecule has 33 heavy (non-hydrogen) atoms. The maximum Gasteiger partial charge on any atom is 0.295 e. The summed E-state index contributed by atoms with van der Waals surface area (Å²) in [6, 6.07) is 14.4. The van der Waals surface area contributed by atoms with Crippen LogP contribution in [-0.2, 0) is 16.1 Å². The van der Waals surface area contributed by atoms with Crippen LogP contribution in [0, 0.1) is 0 Å². The minimum Gasteiger partial charge on any atom is -0.507 e. The number of ketones is 1. The molecule has 1 fully saturated rings. The van der Waals surface area contributed by atoms with E-state index in [0.29, 0.717) is 22.6 Å². The molecule has 0 spiro atoms. The molecule has 1 saturated heterocycles. The number of aromatic nitrogens is 1. The van der Waals surface area contributed by atoms with E-state index in [-0.39, 0.29) is 22.9 Å². The van der Waals surface area contributed by atoms with Crippen molar-refractivity contribution >= 4 is 29.1 Å². The lowest BCUT2D eigenvalue weighted by atomic mass is 9.95. The maximum absolute atomic E-state index is 13.1. The number of aliphatic hydroxyl groups excluding tert-OH is 1. The lowest BCUT2D eigenvalue weighted by Crippen LogP contribution is -2.29. The topological polar surface area (TPSA) is 89.0 Å². The number of halogens is 1. The Bertz CT molecular complexity index is 1230. The summed E-state index contributed by atoms with van der Waals surface area (Å²) in [5.41, 5.74) is 1.69. The van der Waals surface area contributed by atoms with Gasteiger partial charge in [-0.1, -0.05) is 29.8 Å². The van der Waals surface area contributed by atoms with E-state index < -0.39 is 17.7 Å². The second-order valence-corrected chi connectivity index (χ2v) is 7.82. The lowest BCUT2D eigenvalue weighted by molar-refractivity contribution is -0.140. The quantitative estimate of drug-likeness (QED) is 0.331. The number of amides is 1. The van der Waals surface area contributed by atoms with Crippen molar-refractivity contribution in [3.05, 3.63) is 94.3 Å². The number of aliphatic hydroxyl groups is 1. The third kappa shape index (κ3) is 4.27. The number of Topliss-reactive ketones (excluding diaryl/α,β-unsaturated/α-hetero) is 1. The zero-order valence-electron chi connectivity index (χ0n) is 18.0. The van der Waals surface area contributed by atoms with E-state index in [4.69, 9.17) is 21.1 Å². The van der Waals surface area contributed by atoms with E-state index >= 15 is 0 Å². The molecule has 1 aliphatic heterocycles. The Balaban J connectivity index is 1.85. The number of nitrogens with zero attached hydrogens (tertiary/aromatic N) is 2. The van der Waals surface area contributed by atoms with E-state index in [1.165, 1.54) is 18.1 Å². The first-order chi connectivity index (χ1) is 15.9. The molecule has 0 radical (unpaired) electrons. The molecule has 0 aliphatic carbocycles. The summed E-state index contributed by atoms with van der Waals surface area (Å²) in [6.07, 6.45) is 3.26. The van der Waals surface area contributed by atoms with Crippen LogP contribution in [0.25, 0.3) is 5.76 Å². The van der Waals surface area contributed by atoms with E-state index in [0.717, 1.165) is 5.56 Å². The largest absolute Gasteiger partial charge is 0.507 e. The van der Waals surface area contributed by atoms with Gasteiger partial charge in [-0.25, -0.2) is 0 Å². The summed E-state index contributed by atoms with van der Waals surface area (Å²) in [4.78, 5) is 31.7. The van der Waals surface area contributed by atoms with Crippen molar-refractivity contribution in [1.29, 1.82) is 0 Å². The van der Waals surface area contributed by atoms with Crippen molar-refractivity contribution < 1.29 is 24.2 Å². The van der Waals surface area contributed by atoms with Gasteiger partial charge in [-0.15, -0.1) is 0 Å². The highest BCUT2D eigenvalue weighted by atomic mass is 35.5. The van der Waals surface area contributed by atoms with Crippen molar-refractivity contribution in [1.82, 2.24) is 9.88 Å². The summed E-state index contributed by atoms with van der Waals surface area (Å²) in [6.45, 7) is 0.148. The smallest absolute Gasteiger partial charge is 0.295 e. The molecule has 0 saturated carbocycles. The average molecular weight is 465 g/mol. The number of benzene rings is 2. The molecule has 0 bridgehead atoms. The zero-order chi connectivity index (χ0) is 23.5. The van der Waals surface area contributed by atoms with Gasteiger partial charge in [0.15, 0.2) is 0 Å². The molecule has 1 atom stereocenters. The van der Waals surface area contributed by atoms with Crippen LogP contribution in [0.4, 0.5) is 0 Å². The SMILES string of the molecule is COc1ccc(C2/C(=C(/O)c3ccc(OC)c(Cl)c3)C(=O)C(=O)N2Cc2cccnc2)cc1. The van der Waals surface area contributed by atoms with Gasteiger partial charge in [0.1, 0.15) is 17.3 Å². The second-order valence-electron chi connectivity index (χ2n) is 7.41. The number of pyridine rings is 1. The molecule has 8 heteroatoms. The molecule has 1 N–H and O–H groups in total. The molecule has 168 valence electrons. The van der Waals surface area contributed by atoms with Crippen LogP contribution in [0.1, 0.15) is 22.7 Å². The van der Waals surface area contributed by atoms with Crippen molar-refractivity contribution in [2.75, 3.05) is 14.2 Å². The van der Waals surface area contributed by atoms with Crippen LogP contribution in [0.2, 0.25) is 5.02 Å². The van der Waals surface area contributed by atoms with E-state index in [1.807, 2.05) is 6.07 Å². The summed E-state index contributed by atoms with van der Waals surface area (Å²) < 4.78 is 10.4. The Morgan fingerprint density at radius 2 is 1.85 bits per heavy atom. The molecular weight excluding hydrogens is 444 g/mol. The number of methoxy groups -OCH3 is 2. The Morgan fingerprint density at radius 3 is 2.45 bits per heavy atom. The fourth-order valence-electron chi connectivity index (χ4n) is 3.83. The van der Waals surface area contributed by atoms with Gasteiger partial charge in [0.05, 0.1) is 30.9 Å². The monoisotopic (exact) mass is 464 g/mol. The summed E-state index contributed by atoms with van der Waals surface area (Å²) in [5.74, 6) is -0.737. The number of ether oxygens (including phenoxy) is 2. The van der Waals surface area contributed by atoms with E-state index in [1.54, 1.807) is 62.0 Å². The number of hydrogen-bond donors (Lipinski definition) is 1. The lowest BCUT2D eigenvalue weighted by Gasteiger charge is -2.25. The number of hydrogen-bond acceptors (Lipinski definition) is 6. The number of rotatable bonds is 6. The standard InChI is InChI=1S/C25H21ClN2O5/c1-32-18-8-5-16(6-9-18)22-21(23(29)17-7-10-20(33-2)19(26)12-17)24(30)25(31)28(22)14-15-4-3-11-27-13-15/h3-13,22,29H,14H2,1-2H3/b23-21-. The predicted octanol–water partition coefficient (Wildman–Crippen LogP) is 4.37. The van der Waals surface area contributed by atoms with Gasteiger partial charge < -0.3 is 19.5 Å². The molecular formula is C25H21ClN2O5. The molecule has 1 aliphatic rings. The van der Waals surface area contributed by atoms with Crippen LogP contribution in [0.5, 0.6) is 11.5 Å². The minimum absolute atomic E-state index is 0.0182. The predicted molar refractivity (Wildman–Crippen MR) is 123 cm³/mol. The number of likely N-dealkylation sites (tertiary alicyclic amines) is 1. The van der Waals surface area contributed by atoms with Gasteiger partial charge in [0.2, 0.25) is 0 Å². The zero-order valence-corrected chi connectivity index (χ0v) is 18.7. The summed E-state index contributed by atoms with van der Waals surface area (Å²) in [7, 11) is 3.03. The van der Waals surface area contributed by atoms with E-state index in [2.05, 4.69) is 4.98 Å². The first-order valence-electron chi connectivity index (χ1n) is 10.1. The third-order valence-electron chi connectivity index (χ3n) is 5.47. The van der Waals surface area contributed by atoms with Gasteiger partial charge in [0.25, 0.3) is 11.7 Å². The molecule has 4 rings (SSSR count). The highest BCUT2D eigenvalue weighted by Crippen LogP contribution is 2.41. The number of carbonyl (C=O) groups is 2. The third-order valence-corrected chi connectivity index (χ3v) is 5.77. The van der Waals surface area contributed by atoms with Crippen LogP contribution in [-0.4, -0.2) is 40.9 Å². The normalized spacial score (nSPS) is 17.3. The molecule has 7 nitrogen and oxygen atoms in total. The van der Waals surface area contributed by atoms with Gasteiger partial charge >= 0.3 is 0 Å². The Kier molecular flexibility index (Phi) is 6.33. The van der Waals surface area contributed by atoms with Crippen molar-refractivity contribution in [2.45, 2.75) is 12.6 Å². The summed E-state index contributed by atoms with van der Waals surface area (Å²) >= 11 is 6.23. The molecule has 2 heterocycles. The number of carbonyl (C=O) groups excluding carboxylic acids is 2. The average Bonchev–Trinajstić information content (AvgIpc) is 3.09. The summed E-state index contributed by atoms with van der Waals surface area (Å²) in [5, 5.41) is 11.4.